The monoisotopic (exact) mass is 397 g/mol. The predicted molar refractivity (Wildman–Crippen MR) is 114 cm³/mol. The maximum Gasteiger partial charge on any atom is 0.242 e. The summed E-state index contributed by atoms with van der Waals surface area (Å²) in [4.78, 5) is 25.1. The zero-order chi connectivity index (χ0) is 19.8. The van der Waals surface area contributed by atoms with E-state index in [1.807, 2.05) is 36.6 Å². The molecule has 28 heavy (non-hydrogen) atoms. The molecule has 0 radical (unpaired) electrons. The average Bonchev–Trinajstić information content (AvgIpc) is 3.18. The van der Waals surface area contributed by atoms with Crippen LogP contribution in [0.25, 0.3) is 0 Å². The van der Waals surface area contributed by atoms with Crippen LogP contribution in [0.15, 0.2) is 48.5 Å². The van der Waals surface area contributed by atoms with Crippen LogP contribution in [0.4, 0.5) is 0 Å². The Bertz CT molecular complexity index is 811. The van der Waals surface area contributed by atoms with Crippen LogP contribution in [0, 0.1) is 0 Å². The van der Waals surface area contributed by atoms with E-state index in [0.29, 0.717) is 13.0 Å². The summed E-state index contributed by atoms with van der Waals surface area (Å²) in [7, 11) is 0. The maximum atomic E-state index is 12.7. The first-order valence-corrected chi connectivity index (χ1v) is 11.0. The van der Waals surface area contributed by atoms with Gasteiger partial charge in [-0.25, -0.2) is 0 Å². The Morgan fingerprint density at radius 2 is 1.86 bits per heavy atom. The summed E-state index contributed by atoms with van der Waals surface area (Å²) in [5.41, 5.74) is 4.63. The Balaban J connectivity index is 1.55. The van der Waals surface area contributed by atoms with E-state index in [-0.39, 0.29) is 18.2 Å². The quantitative estimate of drug-likeness (QED) is 0.608. The molecule has 1 unspecified atom stereocenters. The minimum Gasteiger partial charge on any atom is -0.350 e. The van der Waals surface area contributed by atoms with Crippen molar-refractivity contribution in [2.45, 2.75) is 38.5 Å². The molecule has 2 aromatic carbocycles. The Hall–Kier alpha value is -2.31. The van der Waals surface area contributed by atoms with Crippen LogP contribution < -0.4 is 16.0 Å². The molecule has 1 atom stereocenters. The molecule has 0 saturated heterocycles. The molecule has 0 bridgehead atoms. The van der Waals surface area contributed by atoms with Gasteiger partial charge in [0.05, 0.1) is 6.42 Å². The predicted octanol–water partition coefficient (Wildman–Crippen LogP) is 2.39. The van der Waals surface area contributed by atoms with E-state index in [0.717, 1.165) is 30.0 Å². The van der Waals surface area contributed by atoms with Gasteiger partial charge in [-0.2, -0.15) is 11.8 Å². The molecule has 148 valence electrons. The number of carbonyl (C=O) groups excluding carboxylic acids is 2. The van der Waals surface area contributed by atoms with Gasteiger partial charge in [0.2, 0.25) is 11.8 Å². The molecule has 0 fully saturated rings. The van der Waals surface area contributed by atoms with E-state index < -0.39 is 6.04 Å². The Morgan fingerprint density at radius 3 is 2.64 bits per heavy atom. The van der Waals surface area contributed by atoms with Gasteiger partial charge >= 0.3 is 0 Å². The average molecular weight is 398 g/mol. The van der Waals surface area contributed by atoms with Crippen molar-refractivity contribution in [3.63, 3.8) is 0 Å². The number of amides is 2. The highest BCUT2D eigenvalue weighted by Gasteiger charge is 2.20. The number of hydrogen-bond acceptors (Lipinski definition) is 4. The third kappa shape index (κ3) is 5.84. The number of nitrogens with one attached hydrogen (secondary N) is 3. The standard InChI is InChI=1S/C22H27N3O2S/c1-28-10-9-20(25-21(26)12-16-5-3-2-4-6-16)22(27)24-13-17-7-8-18-14-23-15-19(18)11-17/h2-8,11,20,23H,9-10,12-15H2,1H3,(H,24,27)(H,25,26). The molecule has 5 nitrogen and oxygen atoms in total. The van der Waals surface area contributed by atoms with Gasteiger partial charge in [-0.05, 0) is 40.7 Å². The van der Waals surface area contributed by atoms with Crippen molar-refractivity contribution in [2.75, 3.05) is 12.0 Å². The molecule has 1 aliphatic heterocycles. The van der Waals surface area contributed by atoms with Gasteiger partial charge in [-0.1, -0.05) is 48.5 Å². The summed E-state index contributed by atoms with van der Waals surface area (Å²) in [5.74, 6) is 0.555. The van der Waals surface area contributed by atoms with Crippen molar-refractivity contribution >= 4 is 23.6 Å². The van der Waals surface area contributed by atoms with Crippen molar-refractivity contribution in [1.82, 2.24) is 16.0 Å². The maximum absolute atomic E-state index is 12.7. The normalized spacial score (nSPS) is 13.6. The summed E-state index contributed by atoms with van der Waals surface area (Å²) < 4.78 is 0. The zero-order valence-corrected chi connectivity index (χ0v) is 17.0. The Labute approximate surface area is 170 Å². The smallest absolute Gasteiger partial charge is 0.242 e. The van der Waals surface area contributed by atoms with Crippen molar-refractivity contribution in [2.24, 2.45) is 0 Å². The molecule has 1 heterocycles. The van der Waals surface area contributed by atoms with Crippen molar-refractivity contribution in [1.29, 1.82) is 0 Å². The highest BCUT2D eigenvalue weighted by molar-refractivity contribution is 7.98. The first kappa shape index (κ1) is 20.4. The van der Waals surface area contributed by atoms with E-state index in [1.165, 1.54) is 11.1 Å². The van der Waals surface area contributed by atoms with Gasteiger partial charge in [0.25, 0.3) is 0 Å². The molecule has 0 aliphatic carbocycles. The second kappa shape index (κ2) is 10.3. The Kier molecular flexibility index (Phi) is 7.51. The van der Waals surface area contributed by atoms with Crippen LogP contribution in [0.2, 0.25) is 0 Å². The van der Waals surface area contributed by atoms with Gasteiger partial charge in [-0.3, -0.25) is 9.59 Å². The van der Waals surface area contributed by atoms with E-state index in [2.05, 4.69) is 34.1 Å². The molecule has 6 heteroatoms. The lowest BCUT2D eigenvalue weighted by atomic mass is 10.1. The summed E-state index contributed by atoms with van der Waals surface area (Å²) in [6, 6.07) is 15.4. The largest absolute Gasteiger partial charge is 0.350 e. The van der Waals surface area contributed by atoms with Crippen molar-refractivity contribution < 1.29 is 9.59 Å². The van der Waals surface area contributed by atoms with Crippen LogP contribution >= 0.6 is 11.8 Å². The third-order valence-corrected chi connectivity index (χ3v) is 5.48. The van der Waals surface area contributed by atoms with Crippen LogP contribution in [0.5, 0.6) is 0 Å². The van der Waals surface area contributed by atoms with Gasteiger partial charge < -0.3 is 16.0 Å². The SMILES string of the molecule is CSCCC(NC(=O)Cc1ccccc1)C(=O)NCc1ccc2c(c1)CNC2. The minimum atomic E-state index is -0.514. The second-order valence-electron chi connectivity index (χ2n) is 6.99. The first-order chi connectivity index (χ1) is 13.7. The third-order valence-electron chi connectivity index (χ3n) is 4.84. The molecule has 2 aromatic rings. The first-order valence-electron chi connectivity index (χ1n) is 9.57. The molecule has 3 N–H and O–H groups in total. The summed E-state index contributed by atoms with van der Waals surface area (Å²) in [6.07, 6.45) is 2.89. The van der Waals surface area contributed by atoms with Gasteiger partial charge in [-0.15, -0.1) is 0 Å². The van der Waals surface area contributed by atoms with Crippen LogP contribution in [-0.4, -0.2) is 29.9 Å². The van der Waals surface area contributed by atoms with E-state index in [9.17, 15) is 9.59 Å². The van der Waals surface area contributed by atoms with Gasteiger partial charge in [0.1, 0.15) is 6.04 Å². The summed E-state index contributed by atoms with van der Waals surface area (Å²) in [6.45, 7) is 2.26. The molecule has 2 amide bonds. The Morgan fingerprint density at radius 1 is 1.07 bits per heavy atom. The molecule has 1 aliphatic rings. The highest BCUT2D eigenvalue weighted by atomic mass is 32.2. The highest BCUT2D eigenvalue weighted by Crippen LogP contribution is 2.17. The molecule has 3 rings (SSSR count). The minimum absolute atomic E-state index is 0.129. The van der Waals surface area contributed by atoms with Gasteiger partial charge in [0.15, 0.2) is 0 Å². The van der Waals surface area contributed by atoms with Crippen LogP contribution in [0.3, 0.4) is 0 Å². The molecular weight excluding hydrogens is 370 g/mol. The molecule has 0 saturated carbocycles. The van der Waals surface area contributed by atoms with E-state index >= 15 is 0 Å². The van der Waals surface area contributed by atoms with Gasteiger partial charge in [0, 0.05) is 19.6 Å². The summed E-state index contributed by atoms with van der Waals surface area (Å²) >= 11 is 1.67. The fraction of sp³-hybridized carbons (Fsp3) is 0.364. The van der Waals surface area contributed by atoms with Crippen LogP contribution in [0.1, 0.15) is 28.7 Å². The number of thioether (sulfide) groups is 1. The van der Waals surface area contributed by atoms with E-state index in [4.69, 9.17) is 0 Å². The fourth-order valence-electron chi connectivity index (χ4n) is 3.30. The molecular formula is C22H27N3O2S. The lowest BCUT2D eigenvalue weighted by molar-refractivity contribution is -0.128. The van der Waals surface area contributed by atoms with Crippen LogP contribution in [-0.2, 0) is 35.6 Å². The zero-order valence-electron chi connectivity index (χ0n) is 16.2. The number of fused-ring (bicyclic) bond motifs is 1. The number of rotatable bonds is 9. The number of carbonyl (C=O) groups is 2. The van der Waals surface area contributed by atoms with Crippen molar-refractivity contribution in [3.05, 3.63) is 70.8 Å². The lowest BCUT2D eigenvalue weighted by Gasteiger charge is -2.18. The lowest BCUT2D eigenvalue weighted by Crippen LogP contribution is -2.47. The van der Waals surface area contributed by atoms with E-state index in [1.54, 1.807) is 11.8 Å². The number of benzene rings is 2. The second-order valence-corrected chi connectivity index (χ2v) is 7.97. The fourth-order valence-corrected chi connectivity index (χ4v) is 3.77. The van der Waals surface area contributed by atoms with Crippen molar-refractivity contribution in [3.8, 4) is 0 Å². The topological polar surface area (TPSA) is 70.2 Å². The molecule has 0 aromatic heterocycles. The number of hydrogen-bond donors (Lipinski definition) is 3. The summed E-state index contributed by atoms with van der Waals surface area (Å²) in [5, 5.41) is 9.21. The molecule has 0 spiro atoms.